The number of rotatable bonds is 4. The largest absolute Gasteiger partial charge is 0.463 e. The van der Waals surface area contributed by atoms with E-state index in [-0.39, 0.29) is 18.1 Å². The molecule has 2 heterocycles. The van der Waals surface area contributed by atoms with Gasteiger partial charge in [0.05, 0.1) is 20.3 Å². The first-order valence-corrected chi connectivity index (χ1v) is 7.75. The maximum absolute atomic E-state index is 12.2. The standard InChI is InChI=1S/C15H25NO7/c1-10(23-11(2)17)7-12-8-15(21-5-6-22-15)9-13(19-3)16(12)14(18)20-4/h10,12-13H,5-9H2,1-4H3/t10-,12-,13-/m0/s1. The zero-order valence-electron chi connectivity index (χ0n) is 14.1. The fraction of sp³-hybridized carbons (Fsp3) is 0.867. The van der Waals surface area contributed by atoms with Gasteiger partial charge in [-0.2, -0.15) is 0 Å². The molecule has 8 heteroatoms. The maximum atomic E-state index is 12.2. The maximum Gasteiger partial charge on any atom is 0.411 e. The smallest absolute Gasteiger partial charge is 0.411 e. The Morgan fingerprint density at radius 1 is 1.26 bits per heavy atom. The third-order valence-electron chi connectivity index (χ3n) is 4.18. The van der Waals surface area contributed by atoms with Crippen LogP contribution in [-0.2, 0) is 28.5 Å². The fourth-order valence-corrected chi connectivity index (χ4v) is 3.35. The molecule has 0 aliphatic carbocycles. The Morgan fingerprint density at radius 2 is 1.91 bits per heavy atom. The molecule has 2 saturated heterocycles. The van der Waals surface area contributed by atoms with Gasteiger partial charge in [0.2, 0.25) is 0 Å². The van der Waals surface area contributed by atoms with Crippen molar-refractivity contribution in [3.05, 3.63) is 0 Å². The molecule has 2 aliphatic rings. The molecule has 8 nitrogen and oxygen atoms in total. The van der Waals surface area contributed by atoms with Crippen molar-refractivity contribution >= 4 is 12.1 Å². The number of nitrogens with zero attached hydrogens (tertiary/aromatic N) is 1. The third-order valence-corrected chi connectivity index (χ3v) is 4.18. The highest BCUT2D eigenvalue weighted by atomic mass is 16.7. The summed E-state index contributed by atoms with van der Waals surface area (Å²) in [4.78, 5) is 24.9. The van der Waals surface area contributed by atoms with E-state index < -0.39 is 18.1 Å². The molecule has 0 saturated carbocycles. The number of ether oxygens (including phenoxy) is 5. The second-order valence-electron chi connectivity index (χ2n) is 5.89. The molecule has 1 spiro atoms. The Kier molecular flexibility index (Phi) is 5.83. The molecular formula is C15H25NO7. The van der Waals surface area contributed by atoms with Crippen LogP contribution in [0.25, 0.3) is 0 Å². The van der Waals surface area contributed by atoms with Gasteiger partial charge in [-0.3, -0.25) is 9.69 Å². The summed E-state index contributed by atoms with van der Waals surface area (Å²) in [7, 11) is 2.86. The van der Waals surface area contributed by atoms with Crippen LogP contribution in [0.4, 0.5) is 4.79 Å². The quantitative estimate of drug-likeness (QED) is 0.717. The number of amides is 1. The van der Waals surface area contributed by atoms with Crippen molar-refractivity contribution in [1.29, 1.82) is 0 Å². The number of piperidine rings is 1. The van der Waals surface area contributed by atoms with Crippen molar-refractivity contribution in [2.75, 3.05) is 27.4 Å². The number of methoxy groups -OCH3 is 2. The lowest BCUT2D eigenvalue weighted by atomic mass is 9.91. The van der Waals surface area contributed by atoms with Crippen molar-refractivity contribution in [3.8, 4) is 0 Å². The van der Waals surface area contributed by atoms with Gasteiger partial charge in [-0.1, -0.05) is 0 Å². The van der Waals surface area contributed by atoms with Crippen LogP contribution in [0.15, 0.2) is 0 Å². The summed E-state index contributed by atoms with van der Waals surface area (Å²) in [6, 6.07) is -0.284. The molecule has 0 radical (unpaired) electrons. The molecule has 0 aromatic carbocycles. The molecule has 2 rings (SSSR count). The predicted octanol–water partition coefficient (Wildman–Crippen LogP) is 1.27. The summed E-state index contributed by atoms with van der Waals surface area (Å²) < 4.78 is 27.1. The van der Waals surface area contributed by atoms with Gasteiger partial charge in [-0.15, -0.1) is 0 Å². The first-order chi connectivity index (χ1) is 10.9. The number of esters is 1. The second-order valence-corrected chi connectivity index (χ2v) is 5.89. The molecule has 0 aromatic rings. The van der Waals surface area contributed by atoms with Gasteiger partial charge in [0.1, 0.15) is 12.3 Å². The van der Waals surface area contributed by atoms with E-state index >= 15 is 0 Å². The van der Waals surface area contributed by atoms with E-state index in [2.05, 4.69) is 0 Å². The highest BCUT2D eigenvalue weighted by Crippen LogP contribution is 2.39. The highest BCUT2D eigenvalue weighted by molar-refractivity contribution is 5.68. The van der Waals surface area contributed by atoms with E-state index in [4.69, 9.17) is 23.7 Å². The van der Waals surface area contributed by atoms with Crippen molar-refractivity contribution in [2.24, 2.45) is 0 Å². The summed E-state index contributed by atoms with van der Waals surface area (Å²) in [5.41, 5.74) is 0. The molecule has 0 aromatic heterocycles. The lowest BCUT2D eigenvalue weighted by Gasteiger charge is -2.47. The summed E-state index contributed by atoms with van der Waals surface area (Å²) in [6.45, 7) is 4.18. The van der Waals surface area contributed by atoms with Crippen molar-refractivity contribution in [2.45, 2.75) is 57.3 Å². The summed E-state index contributed by atoms with van der Waals surface area (Å²) >= 11 is 0. The predicted molar refractivity (Wildman–Crippen MR) is 78.5 cm³/mol. The Labute approximate surface area is 135 Å². The minimum Gasteiger partial charge on any atom is -0.463 e. The van der Waals surface area contributed by atoms with Crippen molar-refractivity contribution in [1.82, 2.24) is 4.90 Å². The molecule has 23 heavy (non-hydrogen) atoms. The van der Waals surface area contributed by atoms with E-state index in [1.165, 1.54) is 26.0 Å². The summed E-state index contributed by atoms with van der Waals surface area (Å²) in [5, 5.41) is 0. The van der Waals surface area contributed by atoms with E-state index in [0.717, 1.165) is 0 Å². The molecule has 1 amide bonds. The number of hydrogen-bond acceptors (Lipinski definition) is 7. The number of likely N-dealkylation sites (tertiary alicyclic amines) is 1. The van der Waals surface area contributed by atoms with Crippen molar-refractivity contribution in [3.63, 3.8) is 0 Å². The van der Waals surface area contributed by atoms with Crippen LogP contribution in [-0.4, -0.2) is 68.6 Å². The van der Waals surface area contributed by atoms with Gasteiger partial charge < -0.3 is 23.7 Å². The number of carbonyl (C=O) groups excluding carboxylic acids is 2. The van der Waals surface area contributed by atoms with Crippen LogP contribution in [0.3, 0.4) is 0 Å². The van der Waals surface area contributed by atoms with Gasteiger partial charge >= 0.3 is 12.1 Å². The number of hydrogen-bond donors (Lipinski definition) is 0. The average molecular weight is 331 g/mol. The van der Waals surface area contributed by atoms with Gasteiger partial charge in [-0.05, 0) is 6.92 Å². The second kappa shape index (κ2) is 7.46. The molecule has 0 N–H and O–H groups in total. The first kappa shape index (κ1) is 18.0. The van der Waals surface area contributed by atoms with Gasteiger partial charge in [0.15, 0.2) is 5.79 Å². The average Bonchev–Trinajstić information content (AvgIpc) is 2.92. The lowest BCUT2D eigenvalue weighted by molar-refractivity contribution is -0.237. The monoisotopic (exact) mass is 331 g/mol. The van der Waals surface area contributed by atoms with Crippen molar-refractivity contribution < 1.29 is 33.3 Å². The normalized spacial score (nSPS) is 27.7. The van der Waals surface area contributed by atoms with Crippen LogP contribution in [0.1, 0.15) is 33.1 Å². The molecule has 3 atom stereocenters. The SMILES string of the molecule is COC(=O)N1[C@@H](C[C@H](C)OC(C)=O)CC2(C[C@@H]1OC)OCCO2. The van der Waals surface area contributed by atoms with E-state index in [1.807, 2.05) is 0 Å². The van der Waals surface area contributed by atoms with Gasteiger partial charge in [0.25, 0.3) is 0 Å². The molecule has 2 aliphatic heterocycles. The molecular weight excluding hydrogens is 306 g/mol. The Bertz CT molecular complexity index is 436. The molecule has 0 unspecified atom stereocenters. The minimum atomic E-state index is -0.758. The third kappa shape index (κ3) is 4.13. The van der Waals surface area contributed by atoms with Crippen LogP contribution in [0.2, 0.25) is 0 Å². The summed E-state index contributed by atoms with van der Waals surface area (Å²) in [5.74, 6) is -1.12. The Balaban J connectivity index is 2.19. The fourth-order valence-electron chi connectivity index (χ4n) is 3.35. The number of carbonyl (C=O) groups is 2. The van der Waals surface area contributed by atoms with Gasteiger partial charge in [-0.25, -0.2) is 4.79 Å². The van der Waals surface area contributed by atoms with Crippen LogP contribution in [0.5, 0.6) is 0 Å². The minimum absolute atomic E-state index is 0.284. The van der Waals surface area contributed by atoms with Crippen LogP contribution >= 0.6 is 0 Å². The topological polar surface area (TPSA) is 83.5 Å². The molecule has 2 fully saturated rings. The Morgan fingerprint density at radius 3 is 2.43 bits per heavy atom. The van der Waals surface area contributed by atoms with Gasteiger partial charge in [0, 0.05) is 39.3 Å². The van der Waals surface area contributed by atoms with E-state index in [9.17, 15) is 9.59 Å². The van der Waals surface area contributed by atoms with Crippen LogP contribution in [0, 0.1) is 0 Å². The zero-order valence-corrected chi connectivity index (χ0v) is 14.1. The Hall–Kier alpha value is -1.38. The highest BCUT2D eigenvalue weighted by Gasteiger charge is 2.51. The first-order valence-electron chi connectivity index (χ1n) is 7.75. The molecule has 132 valence electrons. The van der Waals surface area contributed by atoms with Crippen LogP contribution < -0.4 is 0 Å². The van der Waals surface area contributed by atoms with E-state index in [0.29, 0.717) is 32.5 Å². The zero-order chi connectivity index (χ0) is 17.0. The van der Waals surface area contributed by atoms with E-state index in [1.54, 1.807) is 6.92 Å². The molecule has 0 bridgehead atoms. The lowest BCUT2D eigenvalue weighted by Crippen LogP contribution is -2.59. The summed E-state index contributed by atoms with van der Waals surface area (Å²) in [6.07, 6.45) is -0.0135.